The van der Waals surface area contributed by atoms with Gasteiger partial charge in [-0.1, -0.05) is 30.3 Å². The molecule has 1 unspecified atom stereocenters. The van der Waals surface area contributed by atoms with E-state index in [0.29, 0.717) is 23.1 Å². The maximum atomic E-state index is 13.4. The van der Waals surface area contributed by atoms with E-state index in [9.17, 15) is 14.4 Å². The fraction of sp³-hybridized carbons (Fsp3) is 0.286. The molecule has 2 aromatic carbocycles. The lowest BCUT2D eigenvalue weighted by Gasteiger charge is -2.27. The van der Waals surface area contributed by atoms with Crippen LogP contribution in [0.1, 0.15) is 30.4 Å². The highest BCUT2D eigenvalue weighted by Crippen LogP contribution is 2.39. The summed E-state index contributed by atoms with van der Waals surface area (Å²) in [5.41, 5.74) is 2.58. The third kappa shape index (κ3) is 2.93. The Morgan fingerprint density at radius 2 is 2.00 bits per heavy atom. The molecule has 1 aromatic heterocycles. The van der Waals surface area contributed by atoms with Gasteiger partial charge in [0.25, 0.3) is 5.91 Å². The molecule has 1 atom stereocenters. The largest absolute Gasteiger partial charge is 0.325 e. The molecular formula is C21H19N5O3S. The van der Waals surface area contributed by atoms with Crippen molar-refractivity contribution in [2.45, 2.75) is 31.2 Å². The maximum absolute atomic E-state index is 13.4. The Labute approximate surface area is 176 Å². The van der Waals surface area contributed by atoms with Crippen LogP contribution in [-0.2, 0) is 21.5 Å². The van der Waals surface area contributed by atoms with E-state index in [1.807, 2.05) is 24.3 Å². The number of amides is 4. The minimum absolute atomic E-state index is 0.359. The smallest absolute Gasteiger partial charge is 0.323 e. The monoisotopic (exact) mass is 421 g/mol. The predicted molar refractivity (Wildman–Crippen MR) is 112 cm³/mol. The highest BCUT2D eigenvalue weighted by Gasteiger charge is 2.53. The van der Waals surface area contributed by atoms with Gasteiger partial charge >= 0.3 is 6.03 Å². The van der Waals surface area contributed by atoms with Gasteiger partial charge < -0.3 is 10.6 Å². The van der Waals surface area contributed by atoms with Crippen molar-refractivity contribution in [3.63, 3.8) is 0 Å². The molecule has 5 rings (SSSR count). The van der Waals surface area contributed by atoms with Gasteiger partial charge in [-0.3, -0.25) is 14.5 Å². The Hall–Kier alpha value is -3.33. The number of urea groups is 1. The number of rotatable bonds is 3. The molecule has 3 aromatic rings. The van der Waals surface area contributed by atoms with E-state index in [1.165, 1.54) is 0 Å². The van der Waals surface area contributed by atoms with E-state index in [4.69, 9.17) is 0 Å². The van der Waals surface area contributed by atoms with E-state index >= 15 is 0 Å². The lowest BCUT2D eigenvalue weighted by molar-refractivity contribution is -0.134. The first kappa shape index (κ1) is 18.7. The number of imide groups is 1. The van der Waals surface area contributed by atoms with Crippen LogP contribution in [0.2, 0.25) is 0 Å². The number of carbonyl (C=O) groups is 3. The Balaban J connectivity index is 1.40. The first-order valence-electron chi connectivity index (χ1n) is 9.82. The van der Waals surface area contributed by atoms with Crippen LogP contribution in [0, 0.1) is 0 Å². The minimum atomic E-state index is -1.09. The van der Waals surface area contributed by atoms with Crippen LogP contribution in [0.4, 0.5) is 10.5 Å². The maximum Gasteiger partial charge on any atom is 0.325 e. The van der Waals surface area contributed by atoms with Crippen LogP contribution in [0.3, 0.4) is 0 Å². The molecule has 0 radical (unpaired) electrons. The molecule has 0 bridgehead atoms. The topological polar surface area (TPSA) is 104 Å². The van der Waals surface area contributed by atoms with Crippen molar-refractivity contribution in [2.24, 2.45) is 0 Å². The summed E-state index contributed by atoms with van der Waals surface area (Å²) in [5, 5.41) is 5.65. The molecular weight excluding hydrogens is 402 g/mol. The van der Waals surface area contributed by atoms with Crippen LogP contribution < -0.4 is 10.6 Å². The molecule has 1 aliphatic carbocycles. The third-order valence-electron chi connectivity index (χ3n) is 5.76. The zero-order valence-corrected chi connectivity index (χ0v) is 16.9. The normalized spacial score (nSPS) is 20.9. The van der Waals surface area contributed by atoms with E-state index < -0.39 is 17.5 Å². The first-order chi connectivity index (χ1) is 14.6. The number of carbonyl (C=O) groups excluding carboxylic acids is 3. The van der Waals surface area contributed by atoms with E-state index in [0.717, 1.165) is 47.0 Å². The summed E-state index contributed by atoms with van der Waals surface area (Å²) in [6.07, 6.45) is 3.16. The van der Waals surface area contributed by atoms with E-state index in [2.05, 4.69) is 19.4 Å². The number of benzene rings is 2. The molecule has 8 nitrogen and oxygen atoms in total. The molecule has 1 spiro atoms. The second-order valence-electron chi connectivity index (χ2n) is 7.58. The minimum Gasteiger partial charge on any atom is -0.323 e. The SMILES string of the molecule is O=C(CN1C(=O)NC2(CCCCc3ccccc32)C1=O)Nc1cccc2nsnc12. The summed E-state index contributed by atoms with van der Waals surface area (Å²) >= 11 is 1.06. The number of nitrogens with zero attached hydrogens (tertiary/aromatic N) is 3. The molecule has 1 fully saturated rings. The zero-order chi connectivity index (χ0) is 20.7. The summed E-state index contributed by atoms with van der Waals surface area (Å²) in [6.45, 7) is -0.359. The molecule has 4 amide bonds. The van der Waals surface area contributed by atoms with Gasteiger partial charge in [0, 0.05) is 0 Å². The van der Waals surface area contributed by atoms with Crippen LogP contribution in [-0.4, -0.2) is 38.0 Å². The van der Waals surface area contributed by atoms with Gasteiger partial charge in [-0.15, -0.1) is 0 Å². The molecule has 152 valence electrons. The number of hydrogen-bond acceptors (Lipinski definition) is 6. The van der Waals surface area contributed by atoms with Crippen molar-refractivity contribution >= 4 is 46.3 Å². The standard InChI is InChI=1S/C21H19N5O3S/c27-17(22-15-9-5-10-16-18(15)25-30-24-16)12-26-19(28)21(23-20(26)29)11-4-3-7-13-6-1-2-8-14(13)21/h1-2,5-6,8-10H,3-4,7,11-12H2,(H,22,27)(H,23,29). The number of aromatic nitrogens is 2. The van der Waals surface area contributed by atoms with Gasteiger partial charge in [0.2, 0.25) is 5.91 Å². The number of nitrogens with one attached hydrogen (secondary N) is 2. The number of anilines is 1. The molecule has 2 N–H and O–H groups in total. The van der Waals surface area contributed by atoms with E-state index in [-0.39, 0.29) is 12.5 Å². The summed E-state index contributed by atoms with van der Waals surface area (Å²) in [6, 6.07) is 12.5. The molecule has 1 aliphatic heterocycles. The Kier molecular flexibility index (Phi) is 4.47. The third-order valence-corrected chi connectivity index (χ3v) is 6.31. The summed E-state index contributed by atoms with van der Waals surface area (Å²) < 4.78 is 8.35. The van der Waals surface area contributed by atoms with E-state index in [1.54, 1.807) is 18.2 Å². The Morgan fingerprint density at radius 1 is 1.13 bits per heavy atom. The van der Waals surface area contributed by atoms with Gasteiger partial charge in [0.1, 0.15) is 23.1 Å². The lowest BCUT2D eigenvalue weighted by atomic mass is 9.84. The van der Waals surface area contributed by atoms with Crippen molar-refractivity contribution in [3.8, 4) is 0 Å². The van der Waals surface area contributed by atoms with Gasteiger partial charge in [0.15, 0.2) is 0 Å². The highest BCUT2D eigenvalue weighted by atomic mass is 32.1. The number of aryl methyl sites for hydroxylation is 1. The van der Waals surface area contributed by atoms with Crippen LogP contribution >= 0.6 is 11.7 Å². The second-order valence-corrected chi connectivity index (χ2v) is 8.11. The molecule has 30 heavy (non-hydrogen) atoms. The highest BCUT2D eigenvalue weighted by molar-refractivity contribution is 7.00. The molecule has 9 heteroatoms. The van der Waals surface area contributed by atoms with Crippen molar-refractivity contribution in [2.75, 3.05) is 11.9 Å². The molecule has 1 saturated heterocycles. The van der Waals surface area contributed by atoms with Gasteiger partial charge in [-0.05, 0) is 48.9 Å². The number of fused-ring (bicyclic) bond motifs is 3. The van der Waals surface area contributed by atoms with Crippen LogP contribution in [0.25, 0.3) is 11.0 Å². The zero-order valence-electron chi connectivity index (χ0n) is 16.1. The van der Waals surface area contributed by atoms with Crippen LogP contribution in [0.5, 0.6) is 0 Å². The predicted octanol–water partition coefficient (Wildman–Crippen LogP) is 2.80. The molecule has 2 aliphatic rings. The first-order valence-corrected chi connectivity index (χ1v) is 10.6. The van der Waals surface area contributed by atoms with Crippen LogP contribution in [0.15, 0.2) is 42.5 Å². The summed E-state index contributed by atoms with van der Waals surface area (Å²) in [4.78, 5) is 39.8. The fourth-order valence-corrected chi connectivity index (χ4v) is 4.91. The number of hydrogen-bond donors (Lipinski definition) is 2. The lowest BCUT2D eigenvalue weighted by Crippen LogP contribution is -2.44. The van der Waals surface area contributed by atoms with Gasteiger partial charge in [-0.2, -0.15) is 8.75 Å². The van der Waals surface area contributed by atoms with Crippen molar-refractivity contribution < 1.29 is 14.4 Å². The molecule has 0 saturated carbocycles. The average molecular weight is 421 g/mol. The van der Waals surface area contributed by atoms with Gasteiger partial charge in [0.05, 0.1) is 17.4 Å². The van der Waals surface area contributed by atoms with Gasteiger partial charge in [-0.25, -0.2) is 4.79 Å². The van der Waals surface area contributed by atoms with Crippen molar-refractivity contribution in [1.29, 1.82) is 0 Å². The van der Waals surface area contributed by atoms with Crippen molar-refractivity contribution in [1.82, 2.24) is 19.0 Å². The molecule has 2 heterocycles. The Bertz CT molecular complexity index is 1180. The second kappa shape index (κ2) is 7.17. The summed E-state index contributed by atoms with van der Waals surface area (Å²) in [7, 11) is 0. The Morgan fingerprint density at radius 3 is 2.90 bits per heavy atom. The summed E-state index contributed by atoms with van der Waals surface area (Å²) in [5.74, 6) is -0.830. The fourth-order valence-electron chi connectivity index (χ4n) is 4.36. The quantitative estimate of drug-likeness (QED) is 0.633. The average Bonchev–Trinajstić information content (AvgIpc) is 3.25. The van der Waals surface area contributed by atoms with Crippen molar-refractivity contribution in [3.05, 3.63) is 53.6 Å².